The third-order valence-electron chi connectivity index (χ3n) is 4.88. The Hall–Kier alpha value is -0.550. The van der Waals surface area contributed by atoms with Crippen LogP contribution >= 0.6 is 11.8 Å². The zero-order valence-corrected chi connectivity index (χ0v) is 13.1. The van der Waals surface area contributed by atoms with Gasteiger partial charge in [-0.25, -0.2) is 0 Å². The summed E-state index contributed by atoms with van der Waals surface area (Å²) < 4.78 is 6.07. The van der Waals surface area contributed by atoms with Crippen LogP contribution in [0.2, 0.25) is 0 Å². The third kappa shape index (κ3) is 3.45. The van der Waals surface area contributed by atoms with Crippen LogP contribution in [0.5, 0.6) is 0 Å². The summed E-state index contributed by atoms with van der Waals surface area (Å²) in [5.74, 6) is 2.41. The zero-order chi connectivity index (χ0) is 14.7. The number of hydrogen-bond acceptors (Lipinski definition) is 4. The molecule has 0 amide bonds. The quantitative estimate of drug-likeness (QED) is 0.901. The SMILES string of the molecule is OC(c1ccccc1)C(O)C1CCOC2(CCSCC2)C1. The van der Waals surface area contributed by atoms with Crippen molar-refractivity contribution in [3.05, 3.63) is 35.9 Å². The van der Waals surface area contributed by atoms with E-state index in [1.807, 2.05) is 42.1 Å². The number of ether oxygens (including phenoxy) is 1. The molecule has 3 atom stereocenters. The van der Waals surface area contributed by atoms with E-state index in [4.69, 9.17) is 4.74 Å². The van der Waals surface area contributed by atoms with Gasteiger partial charge in [0.2, 0.25) is 0 Å². The first-order chi connectivity index (χ1) is 10.2. The first-order valence-corrected chi connectivity index (χ1v) is 8.98. The second kappa shape index (κ2) is 6.69. The highest BCUT2D eigenvalue weighted by Crippen LogP contribution is 2.42. The average molecular weight is 308 g/mol. The van der Waals surface area contributed by atoms with Crippen molar-refractivity contribution in [2.45, 2.75) is 43.5 Å². The molecular formula is C17H24O3S. The summed E-state index contributed by atoms with van der Waals surface area (Å²) in [5.41, 5.74) is 0.746. The van der Waals surface area contributed by atoms with Crippen molar-refractivity contribution in [2.24, 2.45) is 5.92 Å². The number of aliphatic hydroxyl groups is 2. The molecule has 1 aromatic rings. The highest BCUT2D eigenvalue weighted by atomic mass is 32.2. The van der Waals surface area contributed by atoms with E-state index >= 15 is 0 Å². The second-order valence-electron chi connectivity index (χ2n) is 6.24. The van der Waals surface area contributed by atoms with Crippen LogP contribution in [-0.2, 0) is 4.74 Å². The Morgan fingerprint density at radius 1 is 1.14 bits per heavy atom. The number of aliphatic hydroxyl groups excluding tert-OH is 2. The predicted molar refractivity (Wildman–Crippen MR) is 85.4 cm³/mol. The molecule has 0 radical (unpaired) electrons. The summed E-state index contributed by atoms with van der Waals surface area (Å²) in [5, 5.41) is 21.0. The van der Waals surface area contributed by atoms with Crippen molar-refractivity contribution in [3.8, 4) is 0 Å². The van der Waals surface area contributed by atoms with E-state index in [0.29, 0.717) is 6.61 Å². The molecule has 1 aromatic carbocycles. The van der Waals surface area contributed by atoms with Gasteiger partial charge in [0.1, 0.15) is 6.10 Å². The molecule has 3 unspecified atom stereocenters. The first-order valence-electron chi connectivity index (χ1n) is 7.83. The maximum atomic E-state index is 10.6. The molecule has 0 aliphatic carbocycles. The summed E-state index contributed by atoms with van der Waals surface area (Å²) in [6.45, 7) is 0.702. The molecule has 4 heteroatoms. The lowest BCUT2D eigenvalue weighted by Gasteiger charge is -2.45. The van der Waals surface area contributed by atoms with E-state index < -0.39 is 12.2 Å². The normalized spacial score (nSPS) is 28.2. The molecule has 2 fully saturated rings. The molecule has 3 nitrogen and oxygen atoms in total. The molecule has 2 heterocycles. The second-order valence-corrected chi connectivity index (χ2v) is 7.47. The van der Waals surface area contributed by atoms with Crippen molar-refractivity contribution < 1.29 is 14.9 Å². The van der Waals surface area contributed by atoms with Crippen LogP contribution in [0, 0.1) is 5.92 Å². The van der Waals surface area contributed by atoms with Gasteiger partial charge in [-0.3, -0.25) is 0 Å². The third-order valence-corrected chi connectivity index (χ3v) is 5.87. The number of rotatable bonds is 3. The molecule has 2 N–H and O–H groups in total. The van der Waals surface area contributed by atoms with Gasteiger partial charge < -0.3 is 14.9 Å². The van der Waals surface area contributed by atoms with E-state index in [0.717, 1.165) is 42.8 Å². The van der Waals surface area contributed by atoms with E-state index in [2.05, 4.69) is 0 Å². The lowest BCUT2D eigenvalue weighted by atomic mass is 9.77. The summed E-state index contributed by atoms with van der Waals surface area (Å²) in [6, 6.07) is 9.47. The Kier molecular flexibility index (Phi) is 4.89. The smallest absolute Gasteiger partial charge is 0.105 e. The predicted octanol–water partition coefficient (Wildman–Crippen LogP) is 2.77. The van der Waals surface area contributed by atoms with Gasteiger partial charge >= 0.3 is 0 Å². The van der Waals surface area contributed by atoms with E-state index in [-0.39, 0.29) is 11.5 Å². The topological polar surface area (TPSA) is 49.7 Å². The van der Waals surface area contributed by atoms with Crippen molar-refractivity contribution in [2.75, 3.05) is 18.1 Å². The van der Waals surface area contributed by atoms with Crippen LogP contribution < -0.4 is 0 Å². The number of thioether (sulfide) groups is 1. The average Bonchev–Trinajstić information content (AvgIpc) is 2.55. The maximum absolute atomic E-state index is 10.6. The molecule has 0 bridgehead atoms. The molecular weight excluding hydrogens is 284 g/mol. The highest BCUT2D eigenvalue weighted by Gasteiger charge is 2.42. The van der Waals surface area contributed by atoms with Crippen LogP contribution in [0.3, 0.4) is 0 Å². The van der Waals surface area contributed by atoms with Gasteiger partial charge in [-0.15, -0.1) is 0 Å². The Balaban J connectivity index is 1.68. The van der Waals surface area contributed by atoms with Gasteiger partial charge in [-0.1, -0.05) is 30.3 Å². The van der Waals surface area contributed by atoms with E-state index in [1.165, 1.54) is 0 Å². The Bertz CT molecular complexity index is 439. The van der Waals surface area contributed by atoms with Gasteiger partial charge in [0.15, 0.2) is 0 Å². The van der Waals surface area contributed by atoms with Crippen LogP contribution in [0.4, 0.5) is 0 Å². The molecule has 0 saturated carbocycles. The van der Waals surface area contributed by atoms with Crippen LogP contribution in [0.25, 0.3) is 0 Å². The molecule has 2 aliphatic rings. The summed E-state index contributed by atoms with van der Waals surface area (Å²) in [7, 11) is 0. The number of hydrogen-bond donors (Lipinski definition) is 2. The highest BCUT2D eigenvalue weighted by molar-refractivity contribution is 7.99. The van der Waals surface area contributed by atoms with Crippen molar-refractivity contribution >= 4 is 11.8 Å². The van der Waals surface area contributed by atoms with Crippen LogP contribution in [0.1, 0.15) is 37.4 Å². The monoisotopic (exact) mass is 308 g/mol. The molecule has 0 aromatic heterocycles. The van der Waals surface area contributed by atoms with Gasteiger partial charge in [0.05, 0.1) is 11.7 Å². The lowest BCUT2D eigenvalue weighted by molar-refractivity contribution is -0.135. The maximum Gasteiger partial charge on any atom is 0.105 e. The number of benzene rings is 1. The Morgan fingerprint density at radius 3 is 2.57 bits per heavy atom. The minimum absolute atomic E-state index is 0.0500. The largest absolute Gasteiger partial charge is 0.390 e. The Labute approximate surface area is 130 Å². The molecule has 21 heavy (non-hydrogen) atoms. The molecule has 2 saturated heterocycles. The van der Waals surface area contributed by atoms with Gasteiger partial charge in [-0.2, -0.15) is 11.8 Å². The standard InChI is InChI=1S/C17H24O3S/c18-15(13-4-2-1-3-5-13)16(19)14-6-9-20-17(12-14)7-10-21-11-8-17/h1-5,14-16,18-19H,6-12H2. The minimum atomic E-state index is -0.802. The lowest BCUT2D eigenvalue weighted by Crippen LogP contribution is -2.46. The minimum Gasteiger partial charge on any atom is -0.390 e. The van der Waals surface area contributed by atoms with Crippen LogP contribution in [-0.4, -0.2) is 40.0 Å². The fraction of sp³-hybridized carbons (Fsp3) is 0.647. The van der Waals surface area contributed by atoms with Crippen molar-refractivity contribution in [1.29, 1.82) is 0 Å². The van der Waals surface area contributed by atoms with E-state index in [9.17, 15) is 10.2 Å². The summed E-state index contributed by atoms with van der Waals surface area (Å²) in [4.78, 5) is 0. The van der Waals surface area contributed by atoms with Crippen molar-refractivity contribution in [1.82, 2.24) is 0 Å². The van der Waals surface area contributed by atoms with Gasteiger partial charge in [0.25, 0.3) is 0 Å². The van der Waals surface area contributed by atoms with E-state index in [1.54, 1.807) is 0 Å². The molecule has 116 valence electrons. The zero-order valence-electron chi connectivity index (χ0n) is 12.3. The van der Waals surface area contributed by atoms with Gasteiger partial charge in [-0.05, 0) is 48.7 Å². The fourth-order valence-electron chi connectivity index (χ4n) is 3.55. The Morgan fingerprint density at radius 2 is 1.86 bits per heavy atom. The fourth-order valence-corrected chi connectivity index (χ4v) is 4.79. The molecule has 3 rings (SSSR count). The summed E-state index contributed by atoms with van der Waals surface area (Å²) in [6.07, 6.45) is 2.34. The van der Waals surface area contributed by atoms with Crippen LogP contribution in [0.15, 0.2) is 30.3 Å². The first kappa shape index (κ1) is 15.3. The van der Waals surface area contributed by atoms with Crippen molar-refractivity contribution in [3.63, 3.8) is 0 Å². The molecule has 1 spiro atoms. The summed E-state index contributed by atoms with van der Waals surface area (Å²) >= 11 is 1.98. The van der Waals surface area contributed by atoms with Gasteiger partial charge in [0, 0.05) is 6.61 Å². The molecule has 2 aliphatic heterocycles.